The Morgan fingerprint density at radius 2 is 2.14 bits per heavy atom. The van der Waals surface area contributed by atoms with Crippen LogP contribution in [0.15, 0.2) is 21.5 Å². The molecule has 6 heteroatoms. The van der Waals surface area contributed by atoms with E-state index >= 15 is 0 Å². The predicted octanol–water partition coefficient (Wildman–Crippen LogP) is 3.78. The lowest BCUT2D eigenvalue weighted by molar-refractivity contribution is -0.142. The van der Waals surface area contributed by atoms with Gasteiger partial charge in [0.1, 0.15) is 5.75 Å². The molecule has 2 rings (SSSR count). The number of rotatable bonds is 4. The molecule has 0 saturated carbocycles. The lowest BCUT2D eigenvalue weighted by Gasteiger charge is -2.16. The molecule has 1 aromatic rings. The van der Waals surface area contributed by atoms with Gasteiger partial charge in [-0.3, -0.25) is 9.59 Å². The highest BCUT2D eigenvalue weighted by Crippen LogP contribution is 2.36. The summed E-state index contributed by atoms with van der Waals surface area (Å²) in [5.74, 6) is 0.848. The van der Waals surface area contributed by atoms with Crippen molar-refractivity contribution in [3.05, 3.63) is 32.6 Å². The molecule has 0 bridgehead atoms. The van der Waals surface area contributed by atoms with E-state index < -0.39 is 5.92 Å². The van der Waals surface area contributed by atoms with E-state index in [0.29, 0.717) is 12.2 Å². The largest absolute Gasteiger partial charge is 0.496 e. The highest BCUT2D eigenvalue weighted by Gasteiger charge is 2.22. The number of Topliss-reactive ketones (excluding diaryl/α,β-unsaturated/α-hetero) is 1. The Bertz CT molecular complexity index is 639. The number of benzene rings is 1. The van der Waals surface area contributed by atoms with Crippen molar-refractivity contribution in [3.63, 3.8) is 0 Å². The minimum Gasteiger partial charge on any atom is -0.496 e. The van der Waals surface area contributed by atoms with Crippen molar-refractivity contribution in [1.29, 1.82) is 0 Å². The summed E-state index contributed by atoms with van der Waals surface area (Å²) in [4.78, 5) is 24.3. The van der Waals surface area contributed by atoms with Gasteiger partial charge in [-0.2, -0.15) is 0 Å². The van der Waals surface area contributed by atoms with Crippen molar-refractivity contribution >= 4 is 45.5 Å². The molecule has 1 fully saturated rings. The highest BCUT2D eigenvalue weighted by atomic mass is 79.9. The zero-order valence-corrected chi connectivity index (χ0v) is 15.0. The van der Waals surface area contributed by atoms with Crippen LogP contribution < -0.4 is 4.74 Å². The first-order valence-corrected chi connectivity index (χ1v) is 8.58. The molecular formula is C16H17BrO4S. The van der Waals surface area contributed by atoms with E-state index in [0.717, 1.165) is 26.3 Å². The van der Waals surface area contributed by atoms with Crippen LogP contribution in [-0.2, 0) is 14.3 Å². The maximum Gasteiger partial charge on any atom is 0.312 e. The van der Waals surface area contributed by atoms with Crippen molar-refractivity contribution in [2.24, 2.45) is 0 Å². The van der Waals surface area contributed by atoms with Gasteiger partial charge in [0.2, 0.25) is 0 Å². The fourth-order valence-electron chi connectivity index (χ4n) is 2.23. The molecule has 1 heterocycles. The Kier molecular flexibility index (Phi) is 5.69. The summed E-state index contributed by atoms with van der Waals surface area (Å²) in [5.41, 5.74) is 1.60. The molecule has 118 valence electrons. The quantitative estimate of drug-likeness (QED) is 0.583. The Hall–Kier alpha value is -1.27. The minimum atomic E-state index is -0.430. The highest BCUT2D eigenvalue weighted by molar-refractivity contribution is 9.10. The fraction of sp³-hybridized carbons (Fsp3) is 0.375. The maximum atomic E-state index is 11.8. The van der Waals surface area contributed by atoms with E-state index in [-0.39, 0.29) is 11.8 Å². The summed E-state index contributed by atoms with van der Waals surface area (Å²) >= 11 is 5.07. The maximum absolute atomic E-state index is 11.8. The van der Waals surface area contributed by atoms with Crippen LogP contribution in [0, 0.1) is 0 Å². The SMILES string of the molecule is COC(=O)C(C)c1cc(Br)c(/C=C2/SCCC2=O)cc1OC. The van der Waals surface area contributed by atoms with Gasteiger partial charge in [0.25, 0.3) is 0 Å². The smallest absolute Gasteiger partial charge is 0.312 e. The molecule has 1 atom stereocenters. The van der Waals surface area contributed by atoms with Crippen molar-refractivity contribution in [1.82, 2.24) is 0 Å². The molecule has 0 aromatic heterocycles. The third-order valence-electron chi connectivity index (χ3n) is 3.52. The third kappa shape index (κ3) is 3.55. The number of esters is 1. The zero-order valence-electron chi connectivity index (χ0n) is 12.6. The van der Waals surface area contributed by atoms with Crippen LogP contribution >= 0.6 is 27.7 Å². The zero-order chi connectivity index (χ0) is 16.3. The Morgan fingerprint density at radius 3 is 2.68 bits per heavy atom. The number of carbonyl (C=O) groups is 2. The number of carbonyl (C=O) groups excluding carboxylic acids is 2. The van der Waals surface area contributed by atoms with Gasteiger partial charge in [-0.25, -0.2) is 0 Å². The molecule has 0 aliphatic carbocycles. The first-order valence-electron chi connectivity index (χ1n) is 6.81. The Morgan fingerprint density at radius 1 is 1.41 bits per heavy atom. The summed E-state index contributed by atoms with van der Waals surface area (Å²) in [6, 6.07) is 3.68. The van der Waals surface area contributed by atoms with E-state index in [4.69, 9.17) is 9.47 Å². The van der Waals surface area contributed by atoms with Gasteiger partial charge in [0.15, 0.2) is 5.78 Å². The summed E-state index contributed by atoms with van der Waals surface area (Å²) in [6.45, 7) is 1.77. The van der Waals surface area contributed by atoms with Crippen molar-refractivity contribution in [2.45, 2.75) is 19.3 Å². The van der Waals surface area contributed by atoms with E-state index in [9.17, 15) is 9.59 Å². The first kappa shape index (κ1) is 17.1. The van der Waals surface area contributed by atoms with Gasteiger partial charge in [-0.1, -0.05) is 15.9 Å². The van der Waals surface area contributed by atoms with Gasteiger partial charge >= 0.3 is 5.97 Å². The van der Waals surface area contributed by atoms with E-state index in [2.05, 4.69) is 15.9 Å². The van der Waals surface area contributed by atoms with E-state index in [1.807, 2.05) is 18.2 Å². The molecule has 0 N–H and O–H groups in total. The molecule has 22 heavy (non-hydrogen) atoms. The van der Waals surface area contributed by atoms with Crippen LogP contribution in [0.2, 0.25) is 0 Å². The number of ketones is 1. The van der Waals surface area contributed by atoms with Crippen molar-refractivity contribution in [3.8, 4) is 5.75 Å². The molecule has 4 nitrogen and oxygen atoms in total. The van der Waals surface area contributed by atoms with Crippen LogP contribution in [0.1, 0.15) is 30.4 Å². The fourth-order valence-corrected chi connectivity index (χ4v) is 3.69. The van der Waals surface area contributed by atoms with Crippen LogP contribution in [-0.4, -0.2) is 31.7 Å². The van der Waals surface area contributed by atoms with Gasteiger partial charge in [-0.15, -0.1) is 11.8 Å². The minimum absolute atomic E-state index is 0.169. The predicted molar refractivity (Wildman–Crippen MR) is 91.2 cm³/mol. The number of thioether (sulfide) groups is 1. The number of hydrogen-bond acceptors (Lipinski definition) is 5. The van der Waals surface area contributed by atoms with E-state index in [1.54, 1.807) is 25.8 Å². The topological polar surface area (TPSA) is 52.6 Å². The lowest BCUT2D eigenvalue weighted by Crippen LogP contribution is -2.12. The standard InChI is InChI=1S/C16H17BrO4S/c1-9(16(19)21-3)11-8-12(17)10(6-14(11)20-2)7-15-13(18)4-5-22-15/h6-9H,4-5H2,1-3H3/b15-7+. The number of halogens is 1. The van der Waals surface area contributed by atoms with Crippen LogP contribution in [0.4, 0.5) is 0 Å². The molecule has 1 aliphatic rings. The second kappa shape index (κ2) is 7.33. The average molecular weight is 385 g/mol. The first-order chi connectivity index (χ1) is 10.5. The third-order valence-corrected chi connectivity index (χ3v) is 5.27. The lowest BCUT2D eigenvalue weighted by atomic mass is 9.98. The van der Waals surface area contributed by atoms with Crippen molar-refractivity contribution < 1.29 is 19.1 Å². The Balaban J connectivity index is 2.43. The number of allylic oxidation sites excluding steroid dienone is 1. The van der Waals surface area contributed by atoms with Crippen molar-refractivity contribution in [2.75, 3.05) is 20.0 Å². The number of methoxy groups -OCH3 is 2. The molecule has 0 amide bonds. The second-order valence-electron chi connectivity index (χ2n) is 4.89. The van der Waals surface area contributed by atoms with Gasteiger partial charge in [0, 0.05) is 22.2 Å². The van der Waals surface area contributed by atoms with Crippen LogP contribution in [0.5, 0.6) is 5.75 Å². The Labute approximate surface area is 142 Å². The monoisotopic (exact) mass is 384 g/mol. The molecular weight excluding hydrogens is 368 g/mol. The van der Waals surface area contributed by atoms with Gasteiger partial charge < -0.3 is 9.47 Å². The molecule has 0 radical (unpaired) electrons. The molecule has 1 aliphatic heterocycles. The summed E-state index contributed by atoms with van der Waals surface area (Å²) in [7, 11) is 2.92. The molecule has 1 aromatic carbocycles. The van der Waals surface area contributed by atoms with Gasteiger partial charge in [0.05, 0.1) is 25.0 Å². The van der Waals surface area contributed by atoms with Gasteiger partial charge in [-0.05, 0) is 30.7 Å². The molecule has 1 unspecified atom stereocenters. The van der Waals surface area contributed by atoms with Crippen LogP contribution in [0.25, 0.3) is 6.08 Å². The average Bonchev–Trinajstić information content (AvgIpc) is 2.92. The molecule has 1 saturated heterocycles. The van der Waals surface area contributed by atoms with Crippen LogP contribution in [0.3, 0.4) is 0 Å². The summed E-state index contributed by atoms with van der Waals surface area (Å²) < 4.78 is 11.0. The normalized spacial score (nSPS) is 17.6. The second-order valence-corrected chi connectivity index (χ2v) is 6.88. The number of hydrogen-bond donors (Lipinski definition) is 0. The summed E-state index contributed by atoms with van der Waals surface area (Å²) in [6.07, 6.45) is 2.45. The number of ether oxygens (including phenoxy) is 2. The summed E-state index contributed by atoms with van der Waals surface area (Å²) in [5, 5.41) is 0. The molecule has 0 spiro atoms. The van der Waals surface area contributed by atoms with E-state index in [1.165, 1.54) is 7.11 Å².